The van der Waals surface area contributed by atoms with E-state index in [-0.39, 0.29) is 18.4 Å². The SMILES string of the molecule is CC[C@@H](CO)N1CCN(S(=O)(=O)Cc2cccc(F)c2)CC1. The van der Waals surface area contributed by atoms with E-state index in [9.17, 15) is 17.9 Å². The van der Waals surface area contributed by atoms with Crippen LogP contribution in [0.4, 0.5) is 4.39 Å². The average molecular weight is 330 g/mol. The molecule has 0 radical (unpaired) electrons. The van der Waals surface area contributed by atoms with E-state index >= 15 is 0 Å². The standard InChI is InChI=1S/C15H23FN2O3S/c1-2-15(11-19)17-6-8-18(9-7-17)22(20,21)12-13-4-3-5-14(16)10-13/h3-5,10,15,19H,2,6-9,11-12H2,1H3/t15-/m0/s1. The quantitative estimate of drug-likeness (QED) is 0.847. The Hall–Kier alpha value is -1.02. The maximum absolute atomic E-state index is 13.2. The van der Waals surface area contributed by atoms with Gasteiger partial charge < -0.3 is 5.11 Å². The van der Waals surface area contributed by atoms with Crippen molar-refractivity contribution >= 4 is 10.0 Å². The van der Waals surface area contributed by atoms with Gasteiger partial charge in [0.05, 0.1) is 12.4 Å². The van der Waals surface area contributed by atoms with Crippen molar-refractivity contribution in [3.8, 4) is 0 Å². The Morgan fingerprint density at radius 2 is 1.95 bits per heavy atom. The molecule has 0 unspecified atom stereocenters. The second-order valence-electron chi connectivity index (χ2n) is 5.57. The van der Waals surface area contributed by atoms with Crippen LogP contribution in [0.2, 0.25) is 0 Å². The van der Waals surface area contributed by atoms with Crippen molar-refractivity contribution in [3.05, 3.63) is 35.6 Å². The Morgan fingerprint density at radius 1 is 1.27 bits per heavy atom. The first-order chi connectivity index (χ1) is 10.5. The van der Waals surface area contributed by atoms with Crippen LogP contribution in [0, 0.1) is 5.82 Å². The number of aliphatic hydroxyl groups is 1. The Bertz CT molecular complexity index is 582. The van der Waals surface area contributed by atoms with Gasteiger partial charge in [-0.3, -0.25) is 4.90 Å². The Kier molecular flexibility index (Phi) is 5.91. The van der Waals surface area contributed by atoms with Crippen molar-refractivity contribution < 1.29 is 17.9 Å². The van der Waals surface area contributed by atoms with E-state index in [1.165, 1.54) is 22.5 Å². The second kappa shape index (κ2) is 7.50. The summed E-state index contributed by atoms with van der Waals surface area (Å²) in [6.07, 6.45) is 0.840. The maximum Gasteiger partial charge on any atom is 0.218 e. The minimum atomic E-state index is -3.44. The van der Waals surface area contributed by atoms with Crippen molar-refractivity contribution in [2.24, 2.45) is 0 Å². The average Bonchev–Trinajstić information content (AvgIpc) is 2.48. The monoisotopic (exact) mass is 330 g/mol. The molecule has 0 bridgehead atoms. The highest BCUT2D eigenvalue weighted by Gasteiger charge is 2.29. The van der Waals surface area contributed by atoms with Crippen LogP contribution in [0.1, 0.15) is 18.9 Å². The molecular formula is C15H23FN2O3S. The zero-order valence-corrected chi connectivity index (χ0v) is 13.6. The van der Waals surface area contributed by atoms with E-state index in [0.717, 1.165) is 6.42 Å². The first kappa shape index (κ1) is 17.3. The number of hydrogen-bond donors (Lipinski definition) is 1. The van der Waals surface area contributed by atoms with Crippen LogP contribution in [0.25, 0.3) is 0 Å². The van der Waals surface area contributed by atoms with Crippen LogP contribution in [-0.4, -0.2) is 61.6 Å². The minimum absolute atomic E-state index is 0.0898. The fourth-order valence-corrected chi connectivity index (χ4v) is 4.28. The van der Waals surface area contributed by atoms with Crippen LogP contribution >= 0.6 is 0 Å². The van der Waals surface area contributed by atoms with E-state index < -0.39 is 15.8 Å². The molecule has 1 aromatic rings. The molecule has 22 heavy (non-hydrogen) atoms. The summed E-state index contributed by atoms with van der Waals surface area (Å²) in [5.41, 5.74) is 0.462. The highest BCUT2D eigenvalue weighted by atomic mass is 32.2. The number of hydrogen-bond acceptors (Lipinski definition) is 4. The van der Waals surface area contributed by atoms with Crippen LogP contribution in [-0.2, 0) is 15.8 Å². The van der Waals surface area contributed by atoms with Crippen LogP contribution in [0.5, 0.6) is 0 Å². The lowest BCUT2D eigenvalue weighted by atomic mass is 10.2. The van der Waals surface area contributed by atoms with Gasteiger partial charge >= 0.3 is 0 Å². The molecule has 0 saturated carbocycles. The van der Waals surface area contributed by atoms with Crippen molar-refractivity contribution in [2.45, 2.75) is 25.1 Å². The molecule has 0 spiro atoms. The molecule has 1 aliphatic heterocycles. The molecule has 124 valence electrons. The van der Waals surface area contributed by atoms with E-state index in [0.29, 0.717) is 31.7 Å². The van der Waals surface area contributed by atoms with Crippen molar-refractivity contribution in [1.82, 2.24) is 9.21 Å². The zero-order chi connectivity index (χ0) is 16.2. The fraction of sp³-hybridized carbons (Fsp3) is 0.600. The lowest BCUT2D eigenvalue weighted by molar-refractivity contribution is 0.0880. The Labute approximate surface area is 131 Å². The van der Waals surface area contributed by atoms with E-state index in [1.54, 1.807) is 6.07 Å². The lowest BCUT2D eigenvalue weighted by Crippen LogP contribution is -2.52. The first-order valence-corrected chi connectivity index (χ1v) is 9.14. The number of aliphatic hydroxyl groups excluding tert-OH is 1. The lowest BCUT2D eigenvalue weighted by Gasteiger charge is -2.37. The molecule has 1 N–H and O–H groups in total. The molecule has 2 rings (SSSR count). The highest BCUT2D eigenvalue weighted by Crippen LogP contribution is 2.16. The Balaban J connectivity index is 1.97. The molecule has 1 heterocycles. The summed E-state index contributed by atoms with van der Waals surface area (Å²) in [7, 11) is -3.44. The van der Waals surface area contributed by atoms with Crippen molar-refractivity contribution in [1.29, 1.82) is 0 Å². The van der Waals surface area contributed by atoms with Gasteiger partial charge in [0.25, 0.3) is 0 Å². The van der Waals surface area contributed by atoms with Crippen molar-refractivity contribution in [2.75, 3.05) is 32.8 Å². The van der Waals surface area contributed by atoms with Gasteiger partial charge in [-0.05, 0) is 24.1 Å². The van der Waals surface area contributed by atoms with Gasteiger partial charge in [-0.15, -0.1) is 0 Å². The number of benzene rings is 1. The summed E-state index contributed by atoms with van der Waals surface area (Å²) in [5.74, 6) is -0.603. The zero-order valence-electron chi connectivity index (χ0n) is 12.8. The van der Waals surface area contributed by atoms with E-state index in [4.69, 9.17) is 0 Å². The molecule has 0 aromatic heterocycles. The summed E-state index contributed by atoms with van der Waals surface area (Å²) in [4.78, 5) is 2.12. The second-order valence-corrected chi connectivity index (χ2v) is 7.53. The molecule has 1 atom stereocenters. The largest absolute Gasteiger partial charge is 0.395 e. The topological polar surface area (TPSA) is 60.9 Å². The van der Waals surface area contributed by atoms with Crippen LogP contribution < -0.4 is 0 Å². The van der Waals surface area contributed by atoms with E-state index in [1.807, 2.05) is 6.92 Å². The number of sulfonamides is 1. The minimum Gasteiger partial charge on any atom is -0.395 e. The molecule has 1 fully saturated rings. The fourth-order valence-electron chi connectivity index (χ4n) is 2.78. The van der Waals surface area contributed by atoms with Gasteiger partial charge in [-0.1, -0.05) is 19.1 Å². The van der Waals surface area contributed by atoms with Gasteiger partial charge in [0, 0.05) is 32.2 Å². The summed E-state index contributed by atoms with van der Waals surface area (Å²) < 4.78 is 39.5. The molecule has 1 aromatic carbocycles. The van der Waals surface area contributed by atoms with Gasteiger partial charge in [0.2, 0.25) is 10.0 Å². The van der Waals surface area contributed by atoms with Gasteiger partial charge in [-0.25, -0.2) is 12.8 Å². The first-order valence-electron chi connectivity index (χ1n) is 7.53. The number of piperazine rings is 1. The number of nitrogens with zero attached hydrogens (tertiary/aromatic N) is 2. The third-order valence-corrected chi connectivity index (χ3v) is 5.95. The van der Waals surface area contributed by atoms with Gasteiger partial charge in [0.15, 0.2) is 0 Å². The van der Waals surface area contributed by atoms with Crippen molar-refractivity contribution in [3.63, 3.8) is 0 Å². The normalized spacial score (nSPS) is 19.2. The predicted octanol–water partition coefficient (Wildman–Crippen LogP) is 1.04. The molecule has 0 aliphatic carbocycles. The summed E-state index contributed by atoms with van der Waals surface area (Å²) >= 11 is 0. The third kappa shape index (κ3) is 4.25. The Morgan fingerprint density at radius 3 is 2.50 bits per heavy atom. The molecular weight excluding hydrogens is 307 g/mol. The smallest absolute Gasteiger partial charge is 0.218 e. The number of halogens is 1. The molecule has 7 heteroatoms. The molecule has 1 saturated heterocycles. The third-order valence-electron chi connectivity index (χ3n) is 4.10. The van der Waals surface area contributed by atoms with E-state index in [2.05, 4.69) is 4.90 Å². The summed E-state index contributed by atoms with van der Waals surface area (Å²) in [5, 5.41) is 9.32. The maximum atomic E-state index is 13.2. The predicted molar refractivity (Wildman–Crippen MR) is 83.3 cm³/mol. The van der Waals surface area contributed by atoms with Crippen LogP contribution in [0.3, 0.4) is 0 Å². The summed E-state index contributed by atoms with van der Waals surface area (Å²) in [6, 6.07) is 5.79. The van der Waals surface area contributed by atoms with Gasteiger partial charge in [-0.2, -0.15) is 4.31 Å². The van der Waals surface area contributed by atoms with Gasteiger partial charge in [0.1, 0.15) is 5.82 Å². The molecule has 1 aliphatic rings. The molecule has 5 nitrogen and oxygen atoms in total. The summed E-state index contributed by atoms with van der Waals surface area (Å²) in [6.45, 7) is 4.14. The highest BCUT2D eigenvalue weighted by molar-refractivity contribution is 7.88. The van der Waals surface area contributed by atoms with Crippen LogP contribution in [0.15, 0.2) is 24.3 Å². The molecule has 0 amide bonds. The number of rotatable bonds is 6.